The Morgan fingerprint density at radius 1 is 1.56 bits per heavy atom. The Labute approximate surface area is 67.8 Å². The molecule has 3 nitrogen and oxygen atoms in total. The fourth-order valence-electron chi connectivity index (χ4n) is 0.304. The van der Waals surface area contributed by atoms with Crippen molar-refractivity contribution in [1.82, 2.24) is 0 Å². The van der Waals surface area contributed by atoms with E-state index in [4.69, 9.17) is 10.0 Å². The number of hydrogen-bond donors (Lipinski definition) is 2. The zero-order valence-electron chi connectivity index (χ0n) is 5.16. The molecule has 9 heavy (non-hydrogen) atoms. The molecule has 50 valence electrons. The summed E-state index contributed by atoms with van der Waals surface area (Å²) < 4.78 is 4.51. The van der Waals surface area contributed by atoms with Crippen molar-refractivity contribution in [2.45, 2.75) is 26.4 Å². The van der Waals surface area contributed by atoms with Crippen LogP contribution in [0.2, 0.25) is 0 Å². The molecular weight excluding hydrogens is 114 g/mol. The second-order valence-electron chi connectivity index (χ2n) is 1.68. The fraction of sp³-hybridized carbons (Fsp3) is 1.00. The predicted octanol–water partition coefficient (Wildman–Crippen LogP) is -0.877. The van der Waals surface area contributed by atoms with Gasteiger partial charge in [0.15, 0.2) is 0 Å². The standard InChI is InChI=1S/C4H11BO3.Li.H/c1-3-4(2)8-5(6)7;;/h4,6-7H,3H2,1-2H3;;. The van der Waals surface area contributed by atoms with Gasteiger partial charge in [0.1, 0.15) is 0 Å². The van der Waals surface area contributed by atoms with Crippen LogP contribution in [-0.4, -0.2) is 42.3 Å². The second kappa shape index (κ2) is 6.66. The molecule has 0 radical (unpaired) electrons. The molecule has 1 unspecified atom stereocenters. The zero-order valence-corrected chi connectivity index (χ0v) is 5.16. The van der Waals surface area contributed by atoms with E-state index in [2.05, 4.69) is 4.65 Å². The van der Waals surface area contributed by atoms with Crippen LogP contribution in [0, 0.1) is 0 Å². The number of rotatable bonds is 3. The molecule has 0 rings (SSSR count). The van der Waals surface area contributed by atoms with Gasteiger partial charge in [-0.2, -0.15) is 0 Å². The van der Waals surface area contributed by atoms with Crippen molar-refractivity contribution >= 4 is 26.2 Å². The Morgan fingerprint density at radius 3 is 2.11 bits per heavy atom. The summed E-state index contributed by atoms with van der Waals surface area (Å²) in [5, 5.41) is 16.4. The van der Waals surface area contributed by atoms with Gasteiger partial charge >= 0.3 is 26.2 Å². The first-order valence-corrected chi connectivity index (χ1v) is 2.68. The topological polar surface area (TPSA) is 49.7 Å². The predicted molar refractivity (Wildman–Crippen MR) is 38.2 cm³/mol. The van der Waals surface area contributed by atoms with E-state index in [0.717, 1.165) is 6.42 Å². The molecule has 0 amide bonds. The summed E-state index contributed by atoms with van der Waals surface area (Å²) in [5.41, 5.74) is 0. The third-order valence-corrected chi connectivity index (χ3v) is 0.929. The van der Waals surface area contributed by atoms with E-state index in [0.29, 0.717) is 0 Å². The molecule has 0 saturated heterocycles. The normalized spacial score (nSPS) is 12.0. The molecule has 0 aromatic heterocycles. The Kier molecular flexibility index (Phi) is 9.06. The second-order valence-corrected chi connectivity index (χ2v) is 1.68. The van der Waals surface area contributed by atoms with Gasteiger partial charge in [-0.05, 0) is 13.3 Å². The summed E-state index contributed by atoms with van der Waals surface area (Å²) in [4.78, 5) is 0. The van der Waals surface area contributed by atoms with Crippen LogP contribution < -0.4 is 0 Å². The van der Waals surface area contributed by atoms with Gasteiger partial charge in [-0.15, -0.1) is 0 Å². The van der Waals surface area contributed by atoms with Crippen LogP contribution >= 0.6 is 0 Å². The van der Waals surface area contributed by atoms with Gasteiger partial charge < -0.3 is 14.7 Å². The molecule has 1 atom stereocenters. The zero-order chi connectivity index (χ0) is 6.57. The summed E-state index contributed by atoms with van der Waals surface area (Å²) in [5.74, 6) is 0. The molecule has 2 N–H and O–H groups in total. The van der Waals surface area contributed by atoms with Gasteiger partial charge in [0.2, 0.25) is 0 Å². The van der Waals surface area contributed by atoms with Crippen LogP contribution in [0.3, 0.4) is 0 Å². The molecule has 0 heterocycles. The quantitative estimate of drug-likeness (QED) is 0.483. The van der Waals surface area contributed by atoms with E-state index in [1.165, 1.54) is 0 Å². The van der Waals surface area contributed by atoms with E-state index in [-0.39, 0.29) is 25.0 Å². The molecule has 0 aliphatic heterocycles. The van der Waals surface area contributed by atoms with Crippen molar-refractivity contribution in [3.05, 3.63) is 0 Å². The van der Waals surface area contributed by atoms with Gasteiger partial charge in [0, 0.05) is 6.10 Å². The molecule has 0 fully saturated rings. The first-order valence-electron chi connectivity index (χ1n) is 2.68. The summed E-state index contributed by atoms with van der Waals surface area (Å²) in [7, 11) is -1.62. The molecule has 0 aliphatic rings. The SMILES string of the molecule is CCC(C)OB(O)O.[LiH]. The molecule has 0 spiro atoms. The summed E-state index contributed by atoms with van der Waals surface area (Å²) in [6.45, 7) is 3.69. The fourth-order valence-corrected chi connectivity index (χ4v) is 0.304. The molecule has 0 aliphatic carbocycles. The van der Waals surface area contributed by atoms with Crippen molar-refractivity contribution in [2.75, 3.05) is 0 Å². The van der Waals surface area contributed by atoms with Crippen molar-refractivity contribution in [2.24, 2.45) is 0 Å². The minimum absolute atomic E-state index is 0. The summed E-state index contributed by atoms with van der Waals surface area (Å²) in [6, 6.07) is 0. The van der Waals surface area contributed by atoms with Crippen LogP contribution in [0.4, 0.5) is 0 Å². The third kappa shape index (κ3) is 8.54. The van der Waals surface area contributed by atoms with Crippen molar-refractivity contribution in [1.29, 1.82) is 0 Å². The molecular formula is C4H12BLiO3. The molecule has 0 bridgehead atoms. The van der Waals surface area contributed by atoms with Gasteiger partial charge in [-0.1, -0.05) is 6.92 Å². The Morgan fingerprint density at radius 2 is 2.00 bits per heavy atom. The Balaban J connectivity index is 0. The monoisotopic (exact) mass is 126 g/mol. The summed E-state index contributed by atoms with van der Waals surface area (Å²) in [6.07, 6.45) is 0.715. The first kappa shape index (κ1) is 12.2. The van der Waals surface area contributed by atoms with Crippen molar-refractivity contribution < 1.29 is 14.7 Å². The van der Waals surface area contributed by atoms with Crippen LogP contribution in [0.15, 0.2) is 0 Å². The Hall–Kier alpha value is 0.542. The maximum absolute atomic E-state index is 8.19. The van der Waals surface area contributed by atoms with E-state index in [1.807, 2.05) is 6.92 Å². The van der Waals surface area contributed by atoms with Gasteiger partial charge in [0.25, 0.3) is 0 Å². The van der Waals surface area contributed by atoms with Crippen molar-refractivity contribution in [3.63, 3.8) is 0 Å². The van der Waals surface area contributed by atoms with Crippen LogP contribution in [-0.2, 0) is 4.65 Å². The third-order valence-electron chi connectivity index (χ3n) is 0.929. The van der Waals surface area contributed by atoms with Crippen LogP contribution in [0.5, 0.6) is 0 Å². The van der Waals surface area contributed by atoms with E-state index in [9.17, 15) is 0 Å². The maximum atomic E-state index is 8.19. The van der Waals surface area contributed by atoms with Gasteiger partial charge in [0.05, 0.1) is 0 Å². The molecule has 0 saturated carbocycles. The average molecular weight is 126 g/mol. The van der Waals surface area contributed by atoms with Gasteiger partial charge in [-0.25, -0.2) is 0 Å². The van der Waals surface area contributed by atoms with Crippen LogP contribution in [0.25, 0.3) is 0 Å². The van der Waals surface area contributed by atoms with Crippen LogP contribution in [0.1, 0.15) is 20.3 Å². The molecule has 0 aromatic carbocycles. The van der Waals surface area contributed by atoms with Gasteiger partial charge in [-0.3, -0.25) is 0 Å². The Bertz CT molecular complexity index is 61.8. The number of hydrogen-bond acceptors (Lipinski definition) is 3. The van der Waals surface area contributed by atoms with E-state index >= 15 is 0 Å². The van der Waals surface area contributed by atoms with Crippen molar-refractivity contribution in [3.8, 4) is 0 Å². The minimum atomic E-state index is -1.62. The average Bonchev–Trinajstić information content (AvgIpc) is 1.65. The van der Waals surface area contributed by atoms with E-state index < -0.39 is 7.32 Å². The first-order chi connectivity index (χ1) is 3.66. The molecule has 5 heteroatoms. The summed E-state index contributed by atoms with van der Waals surface area (Å²) >= 11 is 0. The molecule has 0 aromatic rings. The van der Waals surface area contributed by atoms with E-state index in [1.54, 1.807) is 6.92 Å².